The van der Waals surface area contributed by atoms with Crippen LogP contribution in [-0.2, 0) is 19.3 Å². The number of oxazole rings is 1. The Morgan fingerprint density at radius 1 is 1.19 bits per heavy atom. The summed E-state index contributed by atoms with van der Waals surface area (Å²) in [6.45, 7) is 4.49. The number of hydrogen-bond donors (Lipinski definition) is 2. The van der Waals surface area contributed by atoms with Crippen LogP contribution in [0.1, 0.15) is 32.9 Å². The molecule has 0 radical (unpaired) electrons. The number of nitrogens with one attached hydrogen (secondary N) is 2. The van der Waals surface area contributed by atoms with Gasteiger partial charge in [-0.3, -0.25) is 4.79 Å². The number of rotatable bonds is 4. The van der Waals surface area contributed by atoms with E-state index < -0.39 is 0 Å². The fourth-order valence-electron chi connectivity index (χ4n) is 3.44. The smallest absolute Gasteiger partial charge is 0.251 e. The number of benzene rings is 2. The van der Waals surface area contributed by atoms with Crippen molar-refractivity contribution in [3.63, 3.8) is 0 Å². The van der Waals surface area contributed by atoms with Gasteiger partial charge in [0, 0.05) is 18.5 Å². The number of para-hydroxylation sites is 1. The number of amides is 1. The molecule has 4 rings (SSSR count). The van der Waals surface area contributed by atoms with E-state index in [4.69, 9.17) is 4.42 Å². The van der Waals surface area contributed by atoms with E-state index in [1.807, 2.05) is 37.3 Å². The average Bonchev–Trinajstić information content (AvgIpc) is 2.92. The molecular weight excluding hydrogens is 362 g/mol. The maximum Gasteiger partial charge on any atom is 0.251 e. The number of halogens is 1. The molecule has 0 saturated heterocycles. The molecular formula is C21H24ClN3O2. The number of nitrogens with zero attached hydrogens (tertiary/aromatic N) is 1. The van der Waals surface area contributed by atoms with Gasteiger partial charge in [0.15, 0.2) is 11.5 Å². The topological polar surface area (TPSA) is 67.2 Å². The predicted octanol–water partition coefficient (Wildman–Crippen LogP) is 3.22. The Labute approximate surface area is 165 Å². The molecule has 6 heteroatoms. The predicted molar refractivity (Wildman–Crippen MR) is 109 cm³/mol. The molecule has 1 aliphatic heterocycles. The molecule has 1 aliphatic rings. The highest BCUT2D eigenvalue weighted by molar-refractivity contribution is 5.94. The minimum absolute atomic E-state index is 0. The molecule has 27 heavy (non-hydrogen) atoms. The summed E-state index contributed by atoms with van der Waals surface area (Å²) < 4.78 is 5.76. The lowest BCUT2D eigenvalue weighted by Gasteiger charge is -2.09. The van der Waals surface area contributed by atoms with Gasteiger partial charge in [-0.15, -0.1) is 12.4 Å². The summed E-state index contributed by atoms with van der Waals surface area (Å²) >= 11 is 0. The van der Waals surface area contributed by atoms with Crippen molar-refractivity contribution in [2.24, 2.45) is 0 Å². The Morgan fingerprint density at radius 3 is 2.81 bits per heavy atom. The van der Waals surface area contributed by atoms with Crippen LogP contribution in [0.25, 0.3) is 11.1 Å². The first-order valence-electron chi connectivity index (χ1n) is 9.16. The molecule has 3 aromatic rings. The van der Waals surface area contributed by atoms with E-state index in [1.54, 1.807) is 0 Å². The second kappa shape index (κ2) is 8.55. The molecule has 142 valence electrons. The highest BCUT2D eigenvalue weighted by Gasteiger charge is 2.12. The van der Waals surface area contributed by atoms with Gasteiger partial charge in [0.05, 0.1) is 0 Å². The maximum atomic E-state index is 12.5. The highest BCUT2D eigenvalue weighted by Crippen LogP contribution is 2.19. The van der Waals surface area contributed by atoms with Gasteiger partial charge in [-0.2, -0.15) is 0 Å². The first-order valence-corrected chi connectivity index (χ1v) is 9.16. The number of hydrogen-bond acceptors (Lipinski definition) is 4. The quantitative estimate of drug-likeness (QED) is 0.723. The van der Waals surface area contributed by atoms with Crippen LogP contribution in [0.5, 0.6) is 0 Å². The normalized spacial score (nSPS) is 13.5. The van der Waals surface area contributed by atoms with Crippen LogP contribution in [0.3, 0.4) is 0 Å². The molecule has 0 unspecified atom stereocenters. The Kier molecular flexibility index (Phi) is 6.14. The highest BCUT2D eigenvalue weighted by atomic mass is 35.5. The fourth-order valence-corrected chi connectivity index (χ4v) is 3.44. The second-order valence-corrected chi connectivity index (χ2v) is 6.77. The summed E-state index contributed by atoms with van der Waals surface area (Å²) in [5, 5.41) is 6.37. The van der Waals surface area contributed by atoms with Crippen LogP contribution in [-0.4, -0.2) is 30.5 Å². The third kappa shape index (κ3) is 4.31. The molecule has 0 aliphatic carbocycles. The molecule has 2 heterocycles. The lowest BCUT2D eigenvalue weighted by Crippen LogP contribution is -2.26. The summed E-state index contributed by atoms with van der Waals surface area (Å²) in [5.41, 5.74) is 6.13. The van der Waals surface area contributed by atoms with E-state index in [1.165, 1.54) is 11.1 Å². The van der Waals surface area contributed by atoms with Gasteiger partial charge in [-0.1, -0.05) is 18.2 Å². The minimum Gasteiger partial charge on any atom is -0.441 e. The standard InChI is InChI=1S/C21H23N3O2.ClH/c1-14-3-2-4-18-20(14)24-19(26-18)9-12-23-21(25)17-6-5-15-7-10-22-11-8-16(15)13-17;/h2-6,13,22H,7-12H2,1H3,(H,23,25);1H. The molecule has 5 nitrogen and oxygen atoms in total. The van der Waals surface area contributed by atoms with E-state index in [2.05, 4.69) is 21.7 Å². The number of carbonyl (C=O) groups excluding carboxylic acids is 1. The van der Waals surface area contributed by atoms with E-state index in [-0.39, 0.29) is 18.3 Å². The lowest BCUT2D eigenvalue weighted by molar-refractivity contribution is 0.0953. The van der Waals surface area contributed by atoms with Crippen molar-refractivity contribution >= 4 is 29.4 Å². The fraction of sp³-hybridized carbons (Fsp3) is 0.333. The zero-order chi connectivity index (χ0) is 17.9. The van der Waals surface area contributed by atoms with E-state index in [0.29, 0.717) is 18.9 Å². The lowest BCUT2D eigenvalue weighted by atomic mass is 10.00. The van der Waals surface area contributed by atoms with Crippen molar-refractivity contribution in [2.45, 2.75) is 26.2 Å². The summed E-state index contributed by atoms with van der Waals surface area (Å²) in [5.74, 6) is 0.611. The van der Waals surface area contributed by atoms with Crippen LogP contribution >= 0.6 is 12.4 Å². The molecule has 0 spiro atoms. The summed E-state index contributed by atoms with van der Waals surface area (Å²) in [6, 6.07) is 11.9. The van der Waals surface area contributed by atoms with Crippen LogP contribution in [0.4, 0.5) is 0 Å². The van der Waals surface area contributed by atoms with Crippen molar-refractivity contribution in [2.75, 3.05) is 19.6 Å². The van der Waals surface area contributed by atoms with E-state index in [0.717, 1.165) is 48.2 Å². The van der Waals surface area contributed by atoms with Crippen molar-refractivity contribution in [3.8, 4) is 0 Å². The molecule has 0 bridgehead atoms. The van der Waals surface area contributed by atoms with Gasteiger partial charge in [0.2, 0.25) is 0 Å². The summed E-state index contributed by atoms with van der Waals surface area (Å²) in [6.07, 6.45) is 2.57. The van der Waals surface area contributed by atoms with Gasteiger partial charge in [-0.05, 0) is 67.7 Å². The minimum atomic E-state index is -0.0442. The summed E-state index contributed by atoms with van der Waals surface area (Å²) in [7, 11) is 0. The van der Waals surface area contributed by atoms with Gasteiger partial charge in [0.1, 0.15) is 5.52 Å². The molecule has 2 aromatic carbocycles. The van der Waals surface area contributed by atoms with Gasteiger partial charge in [-0.25, -0.2) is 4.98 Å². The third-order valence-electron chi connectivity index (χ3n) is 4.90. The monoisotopic (exact) mass is 385 g/mol. The van der Waals surface area contributed by atoms with Gasteiger partial charge in [0.25, 0.3) is 5.91 Å². The first-order chi connectivity index (χ1) is 12.7. The molecule has 0 fully saturated rings. The first kappa shape index (κ1) is 19.4. The Morgan fingerprint density at radius 2 is 2.00 bits per heavy atom. The number of fused-ring (bicyclic) bond motifs is 2. The van der Waals surface area contributed by atoms with Crippen molar-refractivity contribution in [1.29, 1.82) is 0 Å². The average molecular weight is 386 g/mol. The van der Waals surface area contributed by atoms with E-state index >= 15 is 0 Å². The summed E-state index contributed by atoms with van der Waals surface area (Å²) in [4.78, 5) is 17.0. The Bertz CT molecular complexity index is 952. The SMILES string of the molecule is Cc1cccc2oc(CCNC(=O)c3ccc4c(c3)CCNCC4)nc12.Cl. The Hall–Kier alpha value is -2.37. The zero-order valence-electron chi connectivity index (χ0n) is 15.4. The van der Waals surface area contributed by atoms with E-state index in [9.17, 15) is 4.79 Å². The molecule has 0 saturated carbocycles. The van der Waals surface area contributed by atoms with Crippen LogP contribution < -0.4 is 10.6 Å². The number of carbonyl (C=O) groups is 1. The van der Waals surface area contributed by atoms with Crippen molar-refractivity contribution < 1.29 is 9.21 Å². The van der Waals surface area contributed by atoms with Crippen molar-refractivity contribution in [3.05, 3.63) is 64.5 Å². The zero-order valence-corrected chi connectivity index (χ0v) is 16.2. The van der Waals surface area contributed by atoms with Gasteiger partial charge >= 0.3 is 0 Å². The van der Waals surface area contributed by atoms with Crippen LogP contribution in [0.2, 0.25) is 0 Å². The number of aromatic nitrogens is 1. The molecule has 0 atom stereocenters. The third-order valence-corrected chi connectivity index (χ3v) is 4.90. The van der Waals surface area contributed by atoms with Crippen molar-refractivity contribution in [1.82, 2.24) is 15.6 Å². The molecule has 2 N–H and O–H groups in total. The molecule has 1 aromatic heterocycles. The van der Waals surface area contributed by atoms with Gasteiger partial charge < -0.3 is 15.1 Å². The second-order valence-electron chi connectivity index (χ2n) is 6.77. The number of aryl methyl sites for hydroxylation is 1. The Balaban J connectivity index is 0.00000210. The molecule has 1 amide bonds. The largest absolute Gasteiger partial charge is 0.441 e. The van der Waals surface area contributed by atoms with Crippen LogP contribution in [0.15, 0.2) is 40.8 Å². The maximum absolute atomic E-state index is 12.5. The van der Waals surface area contributed by atoms with Crippen LogP contribution in [0, 0.1) is 6.92 Å².